The van der Waals surface area contributed by atoms with Gasteiger partial charge < -0.3 is 26.0 Å². The first-order valence-electron chi connectivity index (χ1n) is 7.63. The third-order valence-electron chi connectivity index (χ3n) is 3.18. The first kappa shape index (κ1) is 19.5. The summed E-state index contributed by atoms with van der Waals surface area (Å²) in [5.74, 6) is -1.01. The molecule has 10 heteroatoms. The van der Waals surface area contributed by atoms with E-state index in [0.717, 1.165) is 11.8 Å². The van der Waals surface area contributed by atoms with E-state index in [-0.39, 0.29) is 30.7 Å². The molecule has 0 unspecified atom stereocenters. The number of carbonyl (C=O) groups excluding carboxylic acids is 3. The maximum absolute atomic E-state index is 12.1. The Labute approximate surface area is 154 Å². The molecular formula is C16H19N5O4S. The van der Waals surface area contributed by atoms with Crippen LogP contribution in [0.3, 0.4) is 0 Å². The molecule has 0 saturated carbocycles. The number of nitrogens with one attached hydrogen (secondary N) is 2. The molecule has 0 atom stereocenters. The average Bonchev–Trinajstić information content (AvgIpc) is 2.93. The lowest BCUT2D eigenvalue weighted by atomic mass is 10.2. The molecule has 3 amide bonds. The van der Waals surface area contributed by atoms with Crippen LogP contribution < -0.4 is 16.4 Å². The molecule has 0 aliphatic carbocycles. The van der Waals surface area contributed by atoms with Crippen molar-refractivity contribution in [2.45, 2.75) is 25.2 Å². The van der Waals surface area contributed by atoms with Crippen LogP contribution in [-0.4, -0.2) is 38.1 Å². The van der Waals surface area contributed by atoms with E-state index in [4.69, 9.17) is 5.73 Å². The van der Waals surface area contributed by atoms with Gasteiger partial charge in [0.2, 0.25) is 17.7 Å². The number of aromatic nitrogens is 2. The van der Waals surface area contributed by atoms with Crippen molar-refractivity contribution in [3.63, 3.8) is 0 Å². The summed E-state index contributed by atoms with van der Waals surface area (Å²) in [6, 6.07) is 6.76. The van der Waals surface area contributed by atoms with Gasteiger partial charge in [0, 0.05) is 18.3 Å². The number of aliphatic hydroxyl groups excluding tert-OH is 1. The zero-order chi connectivity index (χ0) is 19.1. The SMILES string of the molecule is CC(=O)Nc1cccc(NC(=O)CSc2ncc(CO)n2CC(N)=O)c1. The molecule has 0 saturated heterocycles. The molecule has 0 aliphatic heterocycles. The predicted molar refractivity (Wildman–Crippen MR) is 97.4 cm³/mol. The number of nitrogens with two attached hydrogens (primary N) is 1. The van der Waals surface area contributed by atoms with Gasteiger partial charge in [0.05, 0.1) is 24.3 Å². The second kappa shape index (κ2) is 9.02. The van der Waals surface area contributed by atoms with Gasteiger partial charge in [-0.2, -0.15) is 0 Å². The summed E-state index contributed by atoms with van der Waals surface area (Å²) in [6.45, 7) is 0.984. The van der Waals surface area contributed by atoms with Gasteiger partial charge in [0.25, 0.3) is 0 Å². The van der Waals surface area contributed by atoms with Gasteiger partial charge in [-0.3, -0.25) is 14.4 Å². The van der Waals surface area contributed by atoms with Crippen LogP contribution in [0.2, 0.25) is 0 Å². The Hall–Kier alpha value is -2.85. The molecule has 2 aromatic rings. The van der Waals surface area contributed by atoms with Crippen molar-refractivity contribution in [3.8, 4) is 0 Å². The summed E-state index contributed by atoms with van der Waals surface area (Å²) < 4.78 is 1.47. The van der Waals surface area contributed by atoms with E-state index in [2.05, 4.69) is 15.6 Å². The molecule has 26 heavy (non-hydrogen) atoms. The lowest BCUT2D eigenvalue weighted by Crippen LogP contribution is -2.21. The summed E-state index contributed by atoms with van der Waals surface area (Å²) >= 11 is 1.12. The molecule has 0 aliphatic rings. The quantitative estimate of drug-likeness (QED) is 0.495. The Morgan fingerprint density at radius 2 is 1.96 bits per heavy atom. The van der Waals surface area contributed by atoms with Crippen LogP contribution in [0.1, 0.15) is 12.6 Å². The maximum Gasteiger partial charge on any atom is 0.237 e. The van der Waals surface area contributed by atoms with Gasteiger partial charge in [-0.05, 0) is 18.2 Å². The van der Waals surface area contributed by atoms with Crippen LogP contribution >= 0.6 is 11.8 Å². The molecule has 1 heterocycles. The molecule has 0 fully saturated rings. The Balaban J connectivity index is 1.98. The monoisotopic (exact) mass is 377 g/mol. The van der Waals surface area contributed by atoms with Gasteiger partial charge >= 0.3 is 0 Å². The van der Waals surface area contributed by atoms with Gasteiger partial charge in [-0.1, -0.05) is 17.8 Å². The first-order chi connectivity index (χ1) is 12.4. The van der Waals surface area contributed by atoms with Gasteiger partial charge in [-0.15, -0.1) is 0 Å². The van der Waals surface area contributed by atoms with Gasteiger partial charge in [-0.25, -0.2) is 4.98 Å². The van der Waals surface area contributed by atoms with Crippen molar-refractivity contribution in [2.24, 2.45) is 5.73 Å². The fraction of sp³-hybridized carbons (Fsp3) is 0.250. The van der Waals surface area contributed by atoms with Crippen LogP contribution in [0.25, 0.3) is 0 Å². The Morgan fingerprint density at radius 3 is 2.58 bits per heavy atom. The molecule has 2 rings (SSSR count). The minimum atomic E-state index is -0.571. The fourth-order valence-corrected chi connectivity index (χ4v) is 2.96. The number of anilines is 2. The number of aliphatic hydroxyl groups is 1. The molecule has 9 nitrogen and oxygen atoms in total. The van der Waals surface area contributed by atoms with Crippen molar-refractivity contribution in [1.29, 1.82) is 0 Å². The average molecular weight is 377 g/mol. The third-order valence-corrected chi connectivity index (χ3v) is 4.17. The number of benzene rings is 1. The standard InChI is InChI=1S/C16H19N5O4S/c1-10(23)19-11-3-2-4-12(5-11)20-15(25)9-26-16-18-6-13(8-22)21(16)7-14(17)24/h2-6,22H,7-9H2,1H3,(H2,17,24)(H,19,23)(H,20,25). The molecule has 1 aromatic carbocycles. The van der Waals surface area contributed by atoms with Crippen LogP contribution in [-0.2, 0) is 27.5 Å². The highest BCUT2D eigenvalue weighted by Gasteiger charge is 2.14. The number of imidazole rings is 1. The van der Waals surface area contributed by atoms with E-state index in [1.54, 1.807) is 24.3 Å². The lowest BCUT2D eigenvalue weighted by molar-refractivity contribution is -0.118. The summed E-state index contributed by atoms with van der Waals surface area (Å²) in [5.41, 5.74) is 6.75. The van der Waals surface area contributed by atoms with E-state index in [1.807, 2.05) is 0 Å². The van der Waals surface area contributed by atoms with Crippen molar-refractivity contribution in [2.75, 3.05) is 16.4 Å². The second-order valence-corrected chi connectivity index (χ2v) is 6.28. The maximum atomic E-state index is 12.1. The predicted octanol–water partition coefficient (Wildman–Crippen LogP) is 0.550. The summed E-state index contributed by atoms with van der Waals surface area (Å²) in [6.07, 6.45) is 1.43. The first-order valence-corrected chi connectivity index (χ1v) is 8.61. The normalized spacial score (nSPS) is 10.4. The lowest BCUT2D eigenvalue weighted by Gasteiger charge is -2.09. The topological polar surface area (TPSA) is 139 Å². The van der Waals surface area contributed by atoms with E-state index >= 15 is 0 Å². The number of amides is 3. The molecule has 0 bridgehead atoms. The van der Waals surface area contributed by atoms with E-state index in [9.17, 15) is 19.5 Å². The number of thioether (sulfide) groups is 1. The van der Waals surface area contributed by atoms with Crippen LogP contribution in [0.4, 0.5) is 11.4 Å². The van der Waals surface area contributed by atoms with Gasteiger partial charge in [0.1, 0.15) is 6.54 Å². The number of carbonyl (C=O) groups is 3. The molecular weight excluding hydrogens is 358 g/mol. The second-order valence-electron chi connectivity index (χ2n) is 5.34. The highest BCUT2D eigenvalue weighted by Crippen LogP contribution is 2.20. The number of nitrogens with zero attached hydrogens (tertiary/aromatic N) is 2. The molecule has 138 valence electrons. The van der Waals surface area contributed by atoms with E-state index < -0.39 is 5.91 Å². The Bertz CT molecular complexity index is 821. The van der Waals surface area contributed by atoms with Crippen molar-refractivity contribution in [1.82, 2.24) is 9.55 Å². The minimum Gasteiger partial charge on any atom is -0.390 e. The fourth-order valence-electron chi connectivity index (χ4n) is 2.16. The summed E-state index contributed by atoms with van der Waals surface area (Å²) in [5, 5.41) is 15.0. The zero-order valence-corrected chi connectivity index (χ0v) is 14.9. The number of hydrogen-bond donors (Lipinski definition) is 4. The Kier molecular flexibility index (Phi) is 6.75. The van der Waals surface area contributed by atoms with Crippen molar-refractivity contribution < 1.29 is 19.5 Å². The van der Waals surface area contributed by atoms with E-state index in [1.165, 1.54) is 17.7 Å². The summed E-state index contributed by atoms with van der Waals surface area (Å²) in [4.78, 5) is 38.5. The largest absolute Gasteiger partial charge is 0.390 e. The van der Waals surface area contributed by atoms with Crippen LogP contribution in [0.5, 0.6) is 0 Å². The highest BCUT2D eigenvalue weighted by atomic mass is 32.2. The molecule has 1 aromatic heterocycles. The van der Waals surface area contributed by atoms with Gasteiger partial charge in [0.15, 0.2) is 5.16 Å². The third kappa shape index (κ3) is 5.60. The highest BCUT2D eigenvalue weighted by molar-refractivity contribution is 7.99. The van der Waals surface area contributed by atoms with Crippen molar-refractivity contribution in [3.05, 3.63) is 36.2 Å². The molecule has 0 radical (unpaired) electrons. The van der Waals surface area contributed by atoms with Crippen LogP contribution in [0.15, 0.2) is 35.6 Å². The molecule has 5 N–H and O–H groups in total. The molecule has 0 spiro atoms. The van der Waals surface area contributed by atoms with Crippen molar-refractivity contribution >= 4 is 40.9 Å². The number of hydrogen-bond acceptors (Lipinski definition) is 6. The zero-order valence-electron chi connectivity index (χ0n) is 14.1. The van der Waals surface area contributed by atoms with Crippen LogP contribution in [0, 0.1) is 0 Å². The minimum absolute atomic E-state index is 0.0466. The number of rotatable bonds is 8. The van der Waals surface area contributed by atoms with E-state index in [0.29, 0.717) is 22.2 Å². The Morgan fingerprint density at radius 1 is 1.27 bits per heavy atom. The smallest absolute Gasteiger partial charge is 0.237 e. The number of primary amides is 1. The summed E-state index contributed by atoms with van der Waals surface area (Å²) in [7, 11) is 0.